The first kappa shape index (κ1) is 19.7. The highest BCUT2D eigenvalue weighted by atomic mass is 35.5. The molecule has 26 heavy (non-hydrogen) atoms. The quantitative estimate of drug-likeness (QED) is 0.599. The molecule has 0 aromatic heterocycles. The molecule has 2 aromatic rings. The molecular formula is C17H15Cl2N3O4. The SMILES string of the molecule is CN(Cc1cccc(Cl)c1Cl)C(=O)CNC(=O)c1cccc([N+](=O)[O-])c1. The Morgan fingerprint density at radius 2 is 1.88 bits per heavy atom. The minimum Gasteiger partial charge on any atom is -0.343 e. The molecule has 136 valence electrons. The lowest BCUT2D eigenvalue weighted by Crippen LogP contribution is -2.37. The van der Waals surface area contributed by atoms with E-state index < -0.39 is 10.8 Å². The number of halogens is 2. The Bertz CT molecular complexity index is 858. The molecule has 0 radical (unpaired) electrons. The fraction of sp³-hybridized carbons (Fsp3) is 0.176. The largest absolute Gasteiger partial charge is 0.343 e. The first-order valence-corrected chi connectivity index (χ1v) is 8.24. The molecular weight excluding hydrogens is 381 g/mol. The Hall–Kier alpha value is -2.64. The average molecular weight is 396 g/mol. The summed E-state index contributed by atoms with van der Waals surface area (Å²) < 4.78 is 0. The van der Waals surface area contributed by atoms with E-state index in [1.165, 1.54) is 23.1 Å². The molecule has 0 aliphatic heterocycles. The standard InChI is InChI=1S/C17H15Cl2N3O4/c1-21(10-12-5-3-7-14(18)16(12)19)15(23)9-20-17(24)11-4-2-6-13(8-11)22(25)26/h2-8H,9-10H2,1H3,(H,20,24). The highest BCUT2D eigenvalue weighted by Crippen LogP contribution is 2.26. The van der Waals surface area contributed by atoms with Gasteiger partial charge in [-0.05, 0) is 17.7 Å². The predicted molar refractivity (Wildman–Crippen MR) is 98.4 cm³/mol. The summed E-state index contributed by atoms with van der Waals surface area (Å²) in [7, 11) is 1.57. The van der Waals surface area contributed by atoms with Gasteiger partial charge < -0.3 is 10.2 Å². The van der Waals surface area contributed by atoms with Crippen molar-refractivity contribution in [1.82, 2.24) is 10.2 Å². The third kappa shape index (κ3) is 4.93. The number of nitrogens with zero attached hydrogens (tertiary/aromatic N) is 2. The molecule has 1 N–H and O–H groups in total. The zero-order valence-electron chi connectivity index (χ0n) is 13.7. The van der Waals surface area contributed by atoms with Gasteiger partial charge in [0, 0.05) is 31.3 Å². The predicted octanol–water partition coefficient (Wildman–Crippen LogP) is 3.29. The Morgan fingerprint density at radius 1 is 1.19 bits per heavy atom. The number of benzene rings is 2. The van der Waals surface area contributed by atoms with E-state index in [9.17, 15) is 19.7 Å². The van der Waals surface area contributed by atoms with Gasteiger partial charge >= 0.3 is 0 Å². The summed E-state index contributed by atoms with van der Waals surface area (Å²) in [6.07, 6.45) is 0. The Morgan fingerprint density at radius 3 is 2.58 bits per heavy atom. The van der Waals surface area contributed by atoms with E-state index in [1.54, 1.807) is 25.2 Å². The molecule has 0 saturated heterocycles. The molecule has 2 aromatic carbocycles. The molecule has 0 bridgehead atoms. The van der Waals surface area contributed by atoms with Crippen LogP contribution in [-0.2, 0) is 11.3 Å². The van der Waals surface area contributed by atoms with Gasteiger partial charge in [-0.1, -0.05) is 41.4 Å². The van der Waals surface area contributed by atoms with E-state index in [1.807, 2.05) is 0 Å². The maximum absolute atomic E-state index is 12.2. The number of amides is 2. The molecule has 0 heterocycles. The number of carbonyl (C=O) groups is 2. The number of rotatable bonds is 6. The van der Waals surface area contributed by atoms with Crippen LogP contribution in [0.1, 0.15) is 15.9 Å². The van der Waals surface area contributed by atoms with Crippen molar-refractivity contribution in [3.63, 3.8) is 0 Å². The van der Waals surface area contributed by atoms with Crippen LogP contribution < -0.4 is 5.32 Å². The van der Waals surface area contributed by atoms with Gasteiger partial charge in [0.05, 0.1) is 21.5 Å². The highest BCUT2D eigenvalue weighted by Gasteiger charge is 2.15. The molecule has 0 fully saturated rings. The molecule has 0 spiro atoms. The third-order valence-electron chi connectivity index (χ3n) is 3.58. The van der Waals surface area contributed by atoms with Gasteiger partial charge in [0.15, 0.2) is 0 Å². The monoisotopic (exact) mass is 395 g/mol. The van der Waals surface area contributed by atoms with Crippen LogP contribution >= 0.6 is 23.2 Å². The highest BCUT2D eigenvalue weighted by molar-refractivity contribution is 6.42. The lowest BCUT2D eigenvalue weighted by atomic mass is 10.2. The van der Waals surface area contributed by atoms with Crippen molar-refractivity contribution in [2.45, 2.75) is 6.54 Å². The summed E-state index contributed by atoms with van der Waals surface area (Å²) in [5, 5.41) is 14.0. The van der Waals surface area contributed by atoms with Gasteiger partial charge in [0.2, 0.25) is 5.91 Å². The van der Waals surface area contributed by atoms with E-state index in [2.05, 4.69) is 5.32 Å². The molecule has 2 amide bonds. The fourth-order valence-electron chi connectivity index (χ4n) is 2.17. The minimum atomic E-state index is -0.593. The molecule has 0 aliphatic rings. The lowest BCUT2D eigenvalue weighted by Gasteiger charge is -2.18. The third-order valence-corrected chi connectivity index (χ3v) is 4.44. The second-order valence-electron chi connectivity index (χ2n) is 5.45. The van der Waals surface area contributed by atoms with Crippen molar-refractivity contribution in [3.8, 4) is 0 Å². The summed E-state index contributed by atoms with van der Waals surface area (Å²) in [4.78, 5) is 35.8. The van der Waals surface area contributed by atoms with Crippen molar-refractivity contribution in [3.05, 3.63) is 73.8 Å². The molecule has 7 nitrogen and oxygen atoms in total. The topological polar surface area (TPSA) is 92.6 Å². The van der Waals surface area contributed by atoms with Crippen LogP contribution in [0.2, 0.25) is 10.0 Å². The van der Waals surface area contributed by atoms with Gasteiger partial charge in [0.25, 0.3) is 11.6 Å². The maximum atomic E-state index is 12.2. The number of likely N-dealkylation sites (N-methyl/N-ethyl adjacent to an activating group) is 1. The van der Waals surface area contributed by atoms with E-state index in [-0.39, 0.29) is 30.2 Å². The van der Waals surface area contributed by atoms with Crippen molar-refractivity contribution in [2.75, 3.05) is 13.6 Å². The van der Waals surface area contributed by atoms with Crippen molar-refractivity contribution in [1.29, 1.82) is 0 Å². The minimum absolute atomic E-state index is 0.104. The summed E-state index contributed by atoms with van der Waals surface area (Å²) >= 11 is 12.0. The molecule has 9 heteroatoms. The number of hydrogen-bond acceptors (Lipinski definition) is 4. The van der Waals surface area contributed by atoms with Crippen LogP contribution in [0.25, 0.3) is 0 Å². The fourth-order valence-corrected chi connectivity index (χ4v) is 2.55. The molecule has 0 atom stereocenters. The van der Waals surface area contributed by atoms with Crippen LogP contribution in [-0.4, -0.2) is 35.2 Å². The van der Waals surface area contributed by atoms with Crippen LogP contribution in [0.5, 0.6) is 0 Å². The summed E-state index contributed by atoms with van der Waals surface area (Å²) in [5.74, 6) is -0.920. The van der Waals surface area contributed by atoms with Crippen molar-refractivity contribution < 1.29 is 14.5 Å². The number of hydrogen-bond donors (Lipinski definition) is 1. The molecule has 2 rings (SSSR count). The van der Waals surface area contributed by atoms with E-state index in [0.717, 1.165) is 6.07 Å². The Labute approximate surface area is 159 Å². The molecule has 0 unspecified atom stereocenters. The number of nitrogens with one attached hydrogen (secondary N) is 1. The number of non-ortho nitro benzene ring substituents is 1. The summed E-state index contributed by atoms with van der Waals surface area (Å²) in [5.41, 5.74) is 0.587. The zero-order valence-corrected chi connectivity index (χ0v) is 15.3. The first-order valence-electron chi connectivity index (χ1n) is 7.49. The van der Waals surface area contributed by atoms with Crippen LogP contribution in [0.15, 0.2) is 42.5 Å². The number of nitro benzene ring substituents is 1. The average Bonchev–Trinajstić information content (AvgIpc) is 2.63. The second kappa shape index (κ2) is 8.64. The van der Waals surface area contributed by atoms with E-state index in [4.69, 9.17) is 23.2 Å². The summed E-state index contributed by atoms with van der Waals surface area (Å²) in [6.45, 7) is -0.0267. The van der Waals surface area contributed by atoms with Crippen LogP contribution in [0.4, 0.5) is 5.69 Å². The van der Waals surface area contributed by atoms with E-state index in [0.29, 0.717) is 15.6 Å². The van der Waals surface area contributed by atoms with Crippen molar-refractivity contribution >= 4 is 40.7 Å². The number of nitro groups is 1. The van der Waals surface area contributed by atoms with Gasteiger partial charge in [-0.3, -0.25) is 19.7 Å². The normalized spacial score (nSPS) is 10.3. The van der Waals surface area contributed by atoms with Crippen molar-refractivity contribution in [2.24, 2.45) is 0 Å². The second-order valence-corrected chi connectivity index (χ2v) is 6.24. The maximum Gasteiger partial charge on any atom is 0.270 e. The smallest absolute Gasteiger partial charge is 0.270 e. The van der Waals surface area contributed by atoms with Crippen LogP contribution in [0, 0.1) is 10.1 Å². The van der Waals surface area contributed by atoms with E-state index >= 15 is 0 Å². The van der Waals surface area contributed by atoms with Gasteiger partial charge in [-0.2, -0.15) is 0 Å². The van der Waals surface area contributed by atoms with Gasteiger partial charge in [-0.25, -0.2) is 0 Å². The first-order chi connectivity index (χ1) is 12.3. The molecule has 0 aliphatic carbocycles. The van der Waals surface area contributed by atoms with Gasteiger partial charge in [-0.15, -0.1) is 0 Å². The zero-order chi connectivity index (χ0) is 19.3. The molecule has 0 saturated carbocycles. The lowest BCUT2D eigenvalue weighted by molar-refractivity contribution is -0.384. The number of carbonyl (C=O) groups excluding carboxylic acids is 2. The Kier molecular flexibility index (Phi) is 6.54. The van der Waals surface area contributed by atoms with Crippen LogP contribution in [0.3, 0.4) is 0 Å². The van der Waals surface area contributed by atoms with Gasteiger partial charge in [0.1, 0.15) is 0 Å². The Balaban J connectivity index is 1.95. The summed E-state index contributed by atoms with van der Waals surface area (Å²) in [6, 6.07) is 10.4.